The number of carbonyl (C=O) groups is 1. The van der Waals surface area contributed by atoms with Crippen molar-refractivity contribution in [3.8, 4) is 0 Å². The normalized spacial score (nSPS) is 11.3. The van der Waals surface area contributed by atoms with Crippen LogP contribution in [0, 0.1) is 5.82 Å². The van der Waals surface area contributed by atoms with E-state index in [9.17, 15) is 17.6 Å². The number of hydrogen-bond donors (Lipinski definition) is 1. The van der Waals surface area contributed by atoms with Crippen LogP contribution in [0.25, 0.3) is 0 Å². The van der Waals surface area contributed by atoms with E-state index in [-0.39, 0.29) is 10.7 Å². The van der Waals surface area contributed by atoms with Crippen molar-refractivity contribution in [3.05, 3.63) is 58.4 Å². The van der Waals surface area contributed by atoms with Crippen LogP contribution in [0.3, 0.4) is 0 Å². The monoisotopic (exact) mass is 412 g/mol. The van der Waals surface area contributed by atoms with Gasteiger partial charge in [0.05, 0.1) is 17.0 Å². The van der Waals surface area contributed by atoms with Gasteiger partial charge < -0.3 is 5.32 Å². The Morgan fingerprint density at radius 2 is 1.74 bits per heavy atom. The topological polar surface area (TPSA) is 66.5 Å². The van der Waals surface area contributed by atoms with Crippen molar-refractivity contribution in [2.75, 3.05) is 22.4 Å². The Bertz CT molecular complexity index is 926. The summed E-state index contributed by atoms with van der Waals surface area (Å²) in [6.45, 7) is 3.52. The molecule has 1 amide bonds. The molecule has 0 aromatic heterocycles. The highest BCUT2D eigenvalue weighted by Gasteiger charge is 2.22. The first-order valence-corrected chi connectivity index (χ1v) is 10.7. The quantitative estimate of drug-likeness (QED) is 0.747. The molecule has 2 aromatic carbocycles. The lowest BCUT2D eigenvalue weighted by molar-refractivity contribution is -0.114. The fraction of sp³-hybridized carbons (Fsp3) is 0.316. The lowest BCUT2D eigenvalue weighted by atomic mass is 10.0. The zero-order valence-electron chi connectivity index (χ0n) is 15.4. The van der Waals surface area contributed by atoms with E-state index in [1.54, 1.807) is 0 Å². The summed E-state index contributed by atoms with van der Waals surface area (Å²) in [4.78, 5) is 12.6. The van der Waals surface area contributed by atoms with Gasteiger partial charge in [0.1, 0.15) is 12.4 Å². The van der Waals surface area contributed by atoms with Crippen LogP contribution < -0.4 is 9.62 Å². The predicted molar refractivity (Wildman–Crippen MR) is 107 cm³/mol. The Kier molecular flexibility index (Phi) is 6.84. The molecule has 146 valence electrons. The second-order valence-corrected chi connectivity index (χ2v) is 8.39. The Balaban J connectivity index is 2.32. The largest absolute Gasteiger partial charge is 0.324 e. The number of rotatable bonds is 7. The third-order valence-electron chi connectivity index (χ3n) is 4.14. The first kappa shape index (κ1) is 21.2. The second kappa shape index (κ2) is 8.71. The van der Waals surface area contributed by atoms with Crippen molar-refractivity contribution in [3.63, 3.8) is 0 Å². The number of sulfonamides is 1. The number of amides is 1. The molecule has 1 N–H and O–H groups in total. The first-order chi connectivity index (χ1) is 12.7. The average Bonchev–Trinajstić information content (AvgIpc) is 2.61. The van der Waals surface area contributed by atoms with Crippen molar-refractivity contribution in [1.82, 2.24) is 0 Å². The maximum Gasteiger partial charge on any atom is 0.245 e. The van der Waals surface area contributed by atoms with Crippen LogP contribution in [0.2, 0.25) is 5.02 Å². The molecule has 0 fully saturated rings. The highest BCUT2D eigenvalue weighted by Crippen LogP contribution is 2.26. The van der Waals surface area contributed by atoms with Crippen LogP contribution in [0.4, 0.5) is 15.8 Å². The van der Waals surface area contributed by atoms with Gasteiger partial charge in [-0.1, -0.05) is 43.6 Å². The zero-order chi connectivity index (χ0) is 20.2. The number of nitrogens with one attached hydrogen (secondary N) is 1. The molecule has 0 aliphatic carbocycles. The highest BCUT2D eigenvalue weighted by molar-refractivity contribution is 7.92. The molecule has 0 atom stereocenters. The Morgan fingerprint density at radius 3 is 2.22 bits per heavy atom. The SMILES string of the molecule is CCc1cccc(CC)c1NC(=O)CN(c1ccc(F)c(Cl)c1)S(C)(=O)=O. The highest BCUT2D eigenvalue weighted by atomic mass is 35.5. The molecular weight excluding hydrogens is 391 g/mol. The van der Waals surface area contributed by atoms with Crippen LogP contribution >= 0.6 is 11.6 Å². The molecule has 2 rings (SSSR count). The molecule has 5 nitrogen and oxygen atoms in total. The van der Waals surface area contributed by atoms with Crippen LogP contribution in [0.15, 0.2) is 36.4 Å². The molecule has 0 aliphatic rings. The van der Waals surface area contributed by atoms with E-state index in [2.05, 4.69) is 5.32 Å². The number of carbonyl (C=O) groups excluding carboxylic acids is 1. The average molecular weight is 413 g/mol. The van der Waals surface area contributed by atoms with E-state index in [1.807, 2.05) is 32.0 Å². The standard InChI is InChI=1S/C19H22ClFN2O3S/c1-4-13-7-6-8-14(5-2)19(13)22-18(24)12-23(27(3,25)26)15-9-10-17(21)16(20)11-15/h6-11H,4-5,12H2,1-3H3,(H,22,24). The van der Waals surface area contributed by atoms with Crippen LogP contribution in [0.5, 0.6) is 0 Å². The van der Waals surface area contributed by atoms with Gasteiger partial charge in [0.15, 0.2) is 0 Å². The fourth-order valence-corrected chi connectivity index (χ4v) is 3.78. The molecule has 27 heavy (non-hydrogen) atoms. The van der Waals surface area contributed by atoms with E-state index in [4.69, 9.17) is 11.6 Å². The summed E-state index contributed by atoms with van der Waals surface area (Å²) in [6, 6.07) is 9.29. The van der Waals surface area contributed by atoms with Crippen molar-refractivity contribution in [2.24, 2.45) is 0 Å². The third kappa shape index (κ3) is 5.20. The van der Waals surface area contributed by atoms with Crippen molar-refractivity contribution < 1.29 is 17.6 Å². The van der Waals surface area contributed by atoms with Crippen LogP contribution in [0.1, 0.15) is 25.0 Å². The lowest BCUT2D eigenvalue weighted by Gasteiger charge is -2.23. The molecule has 0 saturated carbocycles. The fourth-order valence-electron chi connectivity index (χ4n) is 2.75. The minimum Gasteiger partial charge on any atom is -0.324 e. The van der Waals surface area contributed by atoms with Gasteiger partial charge in [-0.15, -0.1) is 0 Å². The number of aryl methyl sites for hydroxylation is 2. The van der Waals surface area contributed by atoms with E-state index in [1.165, 1.54) is 12.1 Å². The van der Waals surface area contributed by atoms with Gasteiger partial charge in [-0.2, -0.15) is 0 Å². The Labute approximate surface area is 164 Å². The summed E-state index contributed by atoms with van der Waals surface area (Å²) in [5, 5.41) is 2.61. The molecular formula is C19H22ClFN2O3S. The number of para-hydroxylation sites is 1. The predicted octanol–water partition coefficient (Wildman–Crippen LogP) is 4.01. The summed E-state index contributed by atoms with van der Waals surface area (Å²) in [6.07, 6.45) is 2.44. The number of hydrogen-bond acceptors (Lipinski definition) is 3. The molecule has 0 spiro atoms. The molecule has 0 bridgehead atoms. The van der Waals surface area contributed by atoms with Crippen LogP contribution in [-0.2, 0) is 27.7 Å². The van der Waals surface area contributed by atoms with Crippen molar-refractivity contribution in [2.45, 2.75) is 26.7 Å². The van der Waals surface area contributed by atoms with E-state index in [0.717, 1.165) is 40.6 Å². The Hall–Kier alpha value is -2.12. The van der Waals surface area contributed by atoms with Gasteiger partial charge in [0, 0.05) is 5.69 Å². The number of anilines is 2. The molecule has 0 unspecified atom stereocenters. The number of halogens is 2. The summed E-state index contributed by atoms with van der Waals surface area (Å²) >= 11 is 5.76. The summed E-state index contributed by atoms with van der Waals surface area (Å²) < 4.78 is 38.6. The van der Waals surface area contributed by atoms with Crippen molar-refractivity contribution in [1.29, 1.82) is 0 Å². The zero-order valence-corrected chi connectivity index (χ0v) is 17.0. The minimum atomic E-state index is -3.77. The van der Waals surface area contributed by atoms with E-state index < -0.39 is 28.3 Å². The maximum atomic E-state index is 13.4. The van der Waals surface area contributed by atoms with Crippen molar-refractivity contribution >= 4 is 38.9 Å². The van der Waals surface area contributed by atoms with Gasteiger partial charge in [-0.25, -0.2) is 12.8 Å². The Morgan fingerprint density at radius 1 is 1.15 bits per heavy atom. The van der Waals surface area contributed by atoms with Gasteiger partial charge in [0.25, 0.3) is 0 Å². The van der Waals surface area contributed by atoms with Crippen LogP contribution in [-0.4, -0.2) is 27.1 Å². The smallest absolute Gasteiger partial charge is 0.245 e. The number of nitrogens with zero attached hydrogens (tertiary/aromatic N) is 1. The van der Waals surface area contributed by atoms with E-state index >= 15 is 0 Å². The van der Waals surface area contributed by atoms with Gasteiger partial charge >= 0.3 is 0 Å². The number of benzene rings is 2. The maximum absolute atomic E-state index is 13.4. The summed E-state index contributed by atoms with van der Waals surface area (Å²) in [5.74, 6) is -1.15. The molecule has 8 heteroatoms. The molecule has 0 heterocycles. The first-order valence-electron chi connectivity index (χ1n) is 8.50. The van der Waals surface area contributed by atoms with Gasteiger partial charge in [-0.05, 0) is 42.2 Å². The molecule has 2 aromatic rings. The van der Waals surface area contributed by atoms with Gasteiger partial charge in [0.2, 0.25) is 15.9 Å². The summed E-state index contributed by atoms with van der Waals surface area (Å²) in [5.41, 5.74) is 2.77. The second-order valence-electron chi connectivity index (χ2n) is 6.07. The third-order valence-corrected chi connectivity index (χ3v) is 5.57. The minimum absolute atomic E-state index is 0.124. The molecule has 0 saturated heterocycles. The molecule has 0 radical (unpaired) electrons. The lowest BCUT2D eigenvalue weighted by Crippen LogP contribution is -2.37. The molecule has 0 aliphatic heterocycles. The van der Waals surface area contributed by atoms with Gasteiger partial charge in [-0.3, -0.25) is 9.10 Å². The van der Waals surface area contributed by atoms with E-state index in [0.29, 0.717) is 5.69 Å². The summed E-state index contributed by atoms with van der Waals surface area (Å²) in [7, 11) is -3.77.